The van der Waals surface area contributed by atoms with Crippen molar-refractivity contribution in [2.75, 3.05) is 0 Å². The molecule has 5 heteroatoms. The van der Waals surface area contributed by atoms with Crippen molar-refractivity contribution in [3.8, 4) is 0 Å². The highest BCUT2D eigenvalue weighted by Gasteiger charge is 2.48. The lowest BCUT2D eigenvalue weighted by Crippen LogP contribution is -2.26. The number of aliphatic carboxylic acids is 1. The number of rotatable bonds is 4. The Hall–Kier alpha value is -1.91. The molecule has 0 aromatic heterocycles. The van der Waals surface area contributed by atoms with Gasteiger partial charge in [0, 0.05) is 12.1 Å². The molecule has 1 aromatic rings. The second kappa shape index (κ2) is 4.53. The van der Waals surface area contributed by atoms with Gasteiger partial charge in [-0.25, -0.2) is 4.39 Å². The van der Waals surface area contributed by atoms with Crippen molar-refractivity contribution >= 4 is 11.9 Å². The molecule has 17 heavy (non-hydrogen) atoms. The molecule has 0 radical (unpaired) electrons. The zero-order chi connectivity index (χ0) is 12.4. The number of carbonyl (C=O) groups is 2. The summed E-state index contributed by atoms with van der Waals surface area (Å²) < 4.78 is 13.2. The van der Waals surface area contributed by atoms with Crippen molar-refractivity contribution in [3.05, 3.63) is 35.6 Å². The Morgan fingerprint density at radius 3 is 2.65 bits per heavy atom. The van der Waals surface area contributed by atoms with Crippen LogP contribution in [0.3, 0.4) is 0 Å². The SMILES string of the molecule is O=C(O)[C@H]1C[C@H]1C(=O)NCc1ccccc1F. The van der Waals surface area contributed by atoms with Crippen molar-refractivity contribution in [3.63, 3.8) is 0 Å². The van der Waals surface area contributed by atoms with Gasteiger partial charge in [0.25, 0.3) is 0 Å². The van der Waals surface area contributed by atoms with Crippen molar-refractivity contribution in [1.29, 1.82) is 0 Å². The number of carboxylic acids is 1. The van der Waals surface area contributed by atoms with Crippen LogP contribution >= 0.6 is 0 Å². The van der Waals surface area contributed by atoms with Gasteiger partial charge in [-0.1, -0.05) is 18.2 Å². The van der Waals surface area contributed by atoms with E-state index >= 15 is 0 Å². The van der Waals surface area contributed by atoms with Gasteiger partial charge >= 0.3 is 5.97 Å². The minimum Gasteiger partial charge on any atom is -0.481 e. The molecule has 1 fully saturated rings. The third-order valence-electron chi connectivity index (χ3n) is 2.86. The van der Waals surface area contributed by atoms with E-state index in [1.54, 1.807) is 18.2 Å². The molecule has 0 aliphatic heterocycles. The molecule has 90 valence electrons. The van der Waals surface area contributed by atoms with Gasteiger partial charge in [-0.15, -0.1) is 0 Å². The molecule has 1 aliphatic carbocycles. The van der Waals surface area contributed by atoms with Crippen LogP contribution in [-0.4, -0.2) is 17.0 Å². The monoisotopic (exact) mass is 237 g/mol. The zero-order valence-electron chi connectivity index (χ0n) is 9.02. The van der Waals surface area contributed by atoms with Crippen LogP contribution < -0.4 is 5.32 Å². The second-order valence-electron chi connectivity index (χ2n) is 4.10. The van der Waals surface area contributed by atoms with Crippen LogP contribution in [0.25, 0.3) is 0 Å². The van der Waals surface area contributed by atoms with Crippen LogP contribution in [-0.2, 0) is 16.1 Å². The Balaban J connectivity index is 1.86. The van der Waals surface area contributed by atoms with Crippen molar-refractivity contribution in [2.24, 2.45) is 11.8 Å². The Bertz CT molecular complexity index is 461. The van der Waals surface area contributed by atoms with E-state index in [2.05, 4.69) is 5.32 Å². The maximum Gasteiger partial charge on any atom is 0.307 e. The van der Waals surface area contributed by atoms with E-state index in [9.17, 15) is 14.0 Å². The number of hydrogen-bond acceptors (Lipinski definition) is 2. The molecule has 1 amide bonds. The third-order valence-corrected chi connectivity index (χ3v) is 2.86. The minimum absolute atomic E-state index is 0.0916. The predicted molar refractivity (Wildman–Crippen MR) is 57.5 cm³/mol. The predicted octanol–water partition coefficient (Wildman–Crippen LogP) is 1.16. The molecule has 1 aromatic carbocycles. The van der Waals surface area contributed by atoms with Crippen LogP contribution in [0.15, 0.2) is 24.3 Å². The van der Waals surface area contributed by atoms with E-state index in [1.165, 1.54) is 6.07 Å². The lowest BCUT2D eigenvalue weighted by Gasteiger charge is -2.05. The van der Waals surface area contributed by atoms with Crippen LogP contribution in [0.4, 0.5) is 4.39 Å². The number of carbonyl (C=O) groups excluding carboxylic acids is 1. The Morgan fingerprint density at radius 1 is 1.35 bits per heavy atom. The van der Waals surface area contributed by atoms with Crippen molar-refractivity contribution in [2.45, 2.75) is 13.0 Å². The Labute approximate surface area is 97.4 Å². The number of benzene rings is 1. The van der Waals surface area contributed by atoms with E-state index in [-0.39, 0.29) is 18.3 Å². The molecule has 0 heterocycles. The van der Waals surface area contributed by atoms with Crippen LogP contribution in [0, 0.1) is 17.7 Å². The molecule has 2 atom stereocenters. The highest BCUT2D eigenvalue weighted by Crippen LogP contribution is 2.38. The van der Waals surface area contributed by atoms with Crippen molar-refractivity contribution in [1.82, 2.24) is 5.32 Å². The fourth-order valence-electron chi connectivity index (χ4n) is 1.71. The molecule has 0 unspecified atom stereocenters. The Kier molecular flexibility index (Phi) is 3.08. The summed E-state index contributed by atoms with van der Waals surface area (Å²) in [6, 6.07) is 6.15. The van der Waals surface area contributed by atoms with Gasteiger partial charge in [0.05, 0.1) is 11.8 Å². The van der Waals surface area contributed by atoms with Gasteiger partial charge in [-0.3, -0.25) is 9.59 Å². The fourth-order valence-corrected chi connectivity index (χ4v) is 1.71. The van der Waals surface area contributed by atoms with Gasteiger partial charge in [-0.05, 0) is 12.5 Å². The van der Waals surface area contributed by atoms with Gasteiger partial charge in [0.2, 0.25) is 5.91 Å². The fraction of sp³-hybridized carbons (Fsp3) is 0.333. The molecule has 1 aliphatic rings. The lowest BCUT2D eigenvalue weighted by atomic mass is 10.2. The number of hydrogen-bond donors (Lipinski definition) is 2. The molecule has 0 bridgehead atoms. The maximum atomic E-state index is 13.2. The summed E-state index contributed by atoms with van der Waals surface area (Å²) in [5, 5.41) is 11.2. The summed E-state index contributed by atoms with van der Waals surface area (Å²) in [4.78, 5) is 22.1. The summed E-state index contributed by atoms with van der Waals surface area (Å²) in [5.41, 5.74) is 0.397. The number of amides is 1. The van der Waals surface area contributed by atoms with Crippen LogP contribution in [0.5, 0.6) is 0 Å². The van der Waals surface area contributed by atoms with E-state index in [0.717, 1.165) is 0 Å². The van der Waals surface area contributed by atoms with Crippen LogP contribution in [0.1, 0.15) is 12.0 Å². The smallest absolute Gasteiger partial charge is 0.307 e. The zero-order valence-corrected chi connectivity index (χ0v) is 9.02. The van der Waals surface area contributed by atoms with E-state index in [0.29, 0.717) is 12.0 Å². The summed E-state index contributed by atoms with van der Waals surface area (Å²) >= 11 is 0. The number of halogens is 1. The Morgan fingerprint density at radius 2 is 2.06 bits per heavy atom. The molecule has 0 saturated heterocycles. The number of nitrogens with one attached hydrogen (secondary N) is 1. The minimum atomic E-state index is -0.948. The van der Waals surface area contributed by atoms with Crippen molar-refractivity contribution < 1.29 is 19.1 Å². The van der Waals surface area contributed by atoms with E-state index in [1.807, 2.05) is 0 Å². The van der Waals surface area contributed by atoms with Gasteiger partial charge in [-0.2, -0.15) is 0 Å². The summed E-state index contributed by atoms with van der Waals surface area (Å²) in [6.07, 6.45) is 0.373. The summed E-state index contributed by atoms with van der Waals surface area (Å²) in [7, 11) is 0. The highest BCUT2D eigenvalue weighted by atomic mass is 19.1. The third kappa shape index (κ3) is 2.61. The summed E-state index contributed by atoms with van der Waals surface area (Å²) in [6.45, 7) is 0.0916. The molecule has 0 spiro atoms. The van der Waals surface area contributed by atoms with Gasteiger partial charge in [0.1, 0.15) is 5.82 Å². The first-order valence-corrected chi connectivity index (χ1v) is 5.33. The van der Waals surface area contributed by atoms with Crippen LogP contribution in [0.2, 0.25) is 0 Å². The quantitative estimate of drug-likeness (QED) is 0.825. The molecule has 4 nitrogen and oxygen atoms in total. The average Bonchev–Trinajstić information content (AvgIpc) is 3.07. The molecular weight excluding hydrogens is 225 g/mol. The lowest BCUT2D eigenvalue weighted by molar-refractivity contribution is -0.140. The highest BCUT2D eigenvalue weighted by molar-refractivity contribution is 5.89. The van der Waals surface area contributed by atoms with Gasteiger partial charge in [0.15, 0.2) is 0 Å². The number of carboxylic acid groups (broad SMARTS) is 1. The largest absolute Gasteiger partial charge is 0.481 e. The van der Waals surface area contributed by atoms with E-state index in [4.69, 9.17) is 5.11 Å². The second-order valence-corrected chi connectivity index (χ2v) is 4.10. The molecule has 2 N–H and O–H groups in total. The first-order valence-electron chi connectivity index (χ1n) is 5.33. The summed E-state index contributed by atoms with van der Waals surface area (Å²) in [5.74, 6) is -2.68. The molecular formula is C12H12FNO3. The molecule has 1 saturated carbocycles. The normalized spacial score (nSPS) is 21.9. The maximum absolute atomic E-state index is 13.2. The average molecular weight is 237 g/mol. The standard InChI is InChI=1S/C12H12FNO3/c13-10-4-2-1-3-7(10)6-14-11(15)8-5-9(8)12(16)17/h1-4,8-9H,5-6H2,(H,14,15)(H,16,17)/t8-,9+/m1/s1. The first-order chi connectivity index (χ1) is 8.09. The van der Waals surface area contributed by atoms with E-state index < -0.39 is 17.8 Å². The first kappa shape index (κ1) is 11.6. The topological polar surface area (TPSA) is 66.4 Å². The molecule has 2 rings (SSSR count). The van der Waals surface area contributed by atoms with Gasteiger partial charge < -0.3 is 10.4 Å².